The molecule has 0 amide bonds. The van der Waals surface area contributed by atoms with Crippen LogP contribution in [0.1, 0.15) is 17.9 Å². The lowest BCUT2D eigenvalue weighted by Gasteiger charge is -2.36. The van der Waals surface area contributed by atoms with Gasteiger partial charge < -0.3 is 25.2 Å². The van der Waals surface area contributed by atoms with Crippen LogP contribution in [0, 0.1) is 0 Å². The van der Waals surface area contributed by atoms with Crippen LogP contribution in [0.2, 0.25) is 0 Å². The van der Waals surface area contributed by atoms with Crippen LogP contribution in [0.4, 0.5) is 11.8 Å². The predicted molar refractivity (Wildman–Crippen MR) is 84.6 cm³/mol. The van der Waals surface area contributed by atoms with E-state index in [2.05, 4.69) is 9.97 Å². The molecule has 7 nitrogen and oxygen atoms in total. The molecule has 2 aliphatic heterocycles. The molecule has 2 aliphatic rings. The van der Waals surface area contributed by atoms with E-state index in [9.17, 15) is 5.11 Å². The number of benzene rings is 1. The first-order valence-corrected chi connectivity index (χ1v) is 7.62. The second-order valence-corrected chi connectivity index (χ2v) is 5.79. The number of hydrogen-bond donors (Lipinski definition) is 2. The Hall–Kier alpha value is -2.54. The van der Waals surface area contributed by atoms with Gasteiger partial charge in [-0.15, -0.1) is 0 Å². The van der Waals surface area contributed by atoms with Crippen molar-refractivity contribution in [3.8, 4) is 11.5 Å². The summed E-state index contributed by atoms with van der Waals surface area (Å²) in [4.78, 5) is 10.2. The maximum atomic E-state index is 10.6. The fourth-order valence-corrected chi connectivity index (χ4v) is 3.21. The van der Waals surface area contributed by atoms with Gasteiger partial charge in [-0.1, -0.05) is 6.07 Å². The van der Waals surface area contributed by atoms with Gasteiger partial charge >= 0.3 is 0 Å². The molecule has 1 aromatic heterocycles. The minimum atomic E-state index is -0.486. The van der Waals surface area contributed by atoms with E-state index in [4.69, 9.17) is 15.2 Å². The largest absolute Gasteiger partial charge is 0.454 e. The van der Waals surface area contributed by atoms with Gasteiger partial charge in [0.2, 0.25) is 12.7 Å². The lowest BCUT2D eigenvalue weighted by atomic mass is 9.87. The Labute approximate surface area is 133 Å². The van der Waals surface area contributed by atoms with Crippen LogP contribution in [0.5, 0.6) is 11.5 Å². The molecule has 0 bridgehead atoms. The van der Waals surface area contributed by atoms with Crippen molar-refractivity contribution in [1.82, 2.24) is 9.97 Å². The van der Waals surface area contributed by atoms with E-state index in [1.165, 1.54) is 0 Å². The zero-order valence-corrected chi connectivity index (χ0v) is 12.6. The first kappa shape index (κ1) is 14.1. The van der Waals surface area contributed by atoms with Crippen LogP contribution in [0.3, 0.4) is 0 Å². The van der Waals surface area contributed by atoms with E-state index >= 15 is 0 Å². The number of aromatic nitrogens is 2. The standard InChI is InChI=1S/C16H18N4O3/c17-16-18-5-3-15(19-16)20-6-4-11(12(21)8-20)10-1-2-13-14(7-10)23-9-22-13/h1-3,5,7,11-12,21H,4,6,8-9H2,(H2,17,18,19)/t11-,12+/m0/s1. The summed E-state index contributed by atoms with van der Waals surface area (Å²) in [6.45, 7) is 1.57. The van der Waals surface area contributed by atoms with E-state index in [1.807, 2.05) is 29.2 Å². The number of nitrogen functional groups attached to an aromatic ring is 1. The van der Waals surface area contributed by atoms with E-state index in [-0.39, 0.29) is 18.7 Å². The third kappa shape index (κ3) is 2.63. The molecule has 23 heavy (non-hydrogen) atoms. The molecular formula is C16H18N4O3. The molecule has 1 fully saturated rings. The van der Waals surface area contributed by atoms with Gasteiger partial charge in [0.15, 0.2) is 11.5 Å². The summed E-state index contributed by atoms with van der Waals surface area (Å²) in [5, 5.41) is 10.6. The molecule has 2 atom stereocenters. The number of rotatable bonds is 2. The van der Waals surface area contributed by atoms with Gasteiger partial charge in [-0.05, 0) is 30.2 Å². The highest BCUT2D eigenvalue weighted by atomic mass is 16.7. The normalized spacial score (nSPS) is 23.1. The van der Waals surface area contributed by atoms with E-state index in [0.29, 0.717) is 6.54 Å². The van der Waals surface area contributed by atoms with Gasteiger partial charge in [-0.2, -0.15) is 4.98 Å². The number of nitrogens with two attached hydrogens (primary N) is 1. The third-order valence-corrected chi connectivity index (χ3v) is 4.39. The molecule has 4 rings (SSSR count). The second-order valence-electron chi connectivity index (χ2n) is 5.79. The van der Waals surface area contributed by atoms with Crippen LogP contribution in [0.15, 0.2) is 30.5 Å². The minimum absolute atomic E-state index is 0.0694. The first-order chi connectivity index (χ1) is 11.2. The number of anilines is 2. The summed E-state index contributed by atoms with van der Waals surface area (Å²) in [5.74, 6) is 2.58. The maximum Gasteiger partial charge on any atom is 0.231 e. The minimum Gasteiger partial charge on any atom is -0.454 e. The van der Waals surface area contributed by atoms with Crippen molar-refractivity contribution in [3.63, 3.8) is 0 Å². The number of fused-ring (bicyclic) bond motifs is 1. The average Bonchev–Trinajstić information content (AvgIpc) is 3.02. The monoisotopic (exact) mass is 314 g/mol. The Bertz CT molecular complexity index is 724. The highest BCUT2D eigenvalue weighted by molar-refractivity contribution is 5.47. The molecular weight excluding hydrogens is 296 g/mol. The van der Waals surface area contributed by atoms with Crippen LogP contribution in [-0.2, 0) is 0 Å². The fourth-order valence-electron chi connectivity index (χ4n) is 3.21. The fraction of sp³-hybridized carbons (Fsp3) is 0.375. The summed E-state index contributed by atoms with van der Waals surface area (Å²) >= 11 is 0. The van der Waals surface area contributed by atoms with E-state index < -0.39 is 6.10 Å². The predicted octanol–water partition coefficient (Wildman–Crippen LogP) is 1.14. The topological polar surface area (TPSA) is 93.7 Å². The molecule has 120 valence electrons. The van der Waals surface area contributed by atoms with Crippen LogP contribution in [0.25, 0.3) is 0 Å². The van der Waals surface area contributed by atoms with Crippen molar-refractivity contribution in [2.45, 2.75) is 18.4 Å². The summed E-state index contributed by atoms with van der Waals surface area (Å²) in [6.07, 6.45) is 1.97. The lowest BCUT2D eigenvalue weighted by molar-refractivity contribution is 0.129. The molecule has 3 N–H and O–H groups in total. The Balaban J connectivity index is 1.51. The van der Waals surface area contributed by atoms with Gasteiger partial charge in [-0.3, -0.25) is 0 Å². The molecule has 1 saturated heterocycles. The summed E-state index contributed by atoms with van der Waals surface area (Å²) in [5.41, 5.74) is 6.71. The van der Waals surface area contributed by atoms with Crippen molar-refractivity contribution >= 4 is 11.8 Å². The van der Waals surface area contributed by atoms with Crippen molar-refractivity contribution < 1.29 is 14.6 Å². The highest BCUT2D eigenvalue weighted by Gasteiger charge is 2.30. The van der Waals surface area contributed by atoms with Gasteiger partial charge in [-0.25, -0.2) is 4.98 Å². The molecule has 0 radical (unpaired) electrons. The number of ether oxygens (including phenoxy) is 2. The Morgan fingerprint density at radius 2 is 2.09 bits per heavy atom. The number of hydrogen-bond acceptors (Lipinski definition) is 7. The third-order valence-electron chi connectivity index (χ3n) is 4.39. The summed E-state index contributed by atoms with van der Waals surface area (Å²) in [6, 6.07) is 7.68. The molecule has 7 heteroatoms. The van der Waals surface area contributed by atoms with Crippen LogP contribution >= 0.6 is 0 Å². The number of nitrogens with zero attached hydrogens (tertiary/aromatic N) is 3. The lowest BCUT2D eigenvalue weighted by Crippen LogP contribution is -2.43. The molecule has 3 heterocycles. The zero-order valence-electron chi connectivity index (χ0n) is 12.6. The highest BCUT2D eigenvalue weighted by Crippen LogP contribution is 2.37. The first-order valence-electron chi connectivity index (χ1n) is 7.62. The van der Waals surface area contributed by atoms with Crippen molar-refractivity contribution in [2.75, 3.05) is 30.5 Å². The molecule has 0 spiro atoms. The molecule has 0 unspecified atom stereocenters. The summed E-state index contributed by atoms with van der Waals surface area (Å²) in [7, 11) is 0. The van der Waals surface area contributed by atoms with Crippen molar-refractivity contribution in [1.29, 1.82) is 0 Å². The Morgan fingerprint density at radius 3 is 2.91 bits per heavy atom. The number of aliphatic hydroxyl groups is 1. The molecule has 2 aromatic rings. The molecule has 0 aliphatic carbocycles. The van der Waals surface area contributed by atoms with Gasteiger partial charge in [0.05, 0.1) is 6.10 Å². The quantitative estimate of drug-likeness (QED) is 0.858. The maximum absolute atomic E-state index is 10.6. The summed E-state index contributed by atoms with van der Waals surface area (Å²) < 4.78 is 10.8. The Morgan fingerprint density at radius 1 is 1.22 bits per heavy atom. The number of aliphatic hydroxyl groups excluding tert-OH is 1. The van der Waals surface area contributed by atoms with Crippen LogP contribution in [-0.4, -0.2) is 41.1 Å². The van der Waals surface area contributed by atoms with Crippen LogP contribution < -0.4 is 20.1 Å². The Kier molecular flexibility index (Phi) is 3.42. The van der Waals surface area contributed by atoms with Crippen molar-refractivity contribution in [2.24, 2.45) is 0 Å². The van der Waals surface area contributed by atoms with Gasteiger partial charge in [0.1, 0.15) is 5.82 Å². The average molecular weight is 314 g/mol. The second kappa shape index (κ2) is 5.58. The van der Waals surface area contributed by atoms with Gasteiger partial charge in [0.25, 0.3) is 0 Å². The molecule has 1 aromatic carbocycles. The number of piperidine rings is 1. The van der Waals surface area contributed by atoms with E-state index in [0.717, 1.165) is 35.8 Å². The van der Waals surface area contributed by atoms with Crippen molar-refractivity contribution in [3.05, 3.63) is 36.0 Å². The smallest absolute Gasteiger partial charge is 0.231 e. The number of β-amino-alcohol motifs (C(OH)–C–C–N with tert-alkyl or cyclic N) is 1. The zero-order chi connectivity index (χ0) is 15.8. The SMILES string of the molecule is Nc1nccc(N2CC[C@@H](c3ccc4c(c3)OCO4)[C@H](O)C2)n1. The van der Waals surface area contributed by atoms with Gasteiger partial charge in [0, 0.05) is 25.2 Å². The molecule has 0 saturated carbocycles. The van der Waals surface area contributed by atoms with E-state index in [1.54, 1.807) is 6.20 Å².